The van der Waals surface area contributed by atoms with Gasteiger partial charge in [-0.1, -0.05) is 292 Å². The van der Waals surface area contributed by atoms with Crippen LogP contribution in [-0.4, -0.2) is 37.2 Å². The Morgan fingerprint density at radius 2 is 0.534 bits per heavy atom. The maximum absolute atomic E-state index is 12.9. The van der Waals surface area contributed by atoms with E-state index < -0.39 is 6.10 Å². The van der Waals surface area contributed by atoms with Crippen molar-refractivity contribution in [2.75, 3.05) is 13.2 Å². The van der Waals surface area contributed by atoms with Crippen molar-refractivity contribution in [3.63, 3.8) is 0 Å². The highest BCUT2D eigenvalue weighted by atomic mass is 16.6. The summed E-state index contributed by atoms with van der Waals surface area (Å²) in [5, 5.41) is 0. The van der Waals surface area contributed by atoms with E-state index in [-0.39, 0.29) is 31.1 Å². The Bertz CT molecular complexity index is 1400. The Kier molecular flexibility index (Phi) is 58.3. The summed E-state index contributed by atoms with van der Waals surface area (Å²) in [6.07, 6.45) is 80.1. The van der Waals surface area contributed by atoms with E-state index >= 15 is 0 Å². The molecule has 0 aliphatic rings. The molecule has 0 saturated carbocycles. The quantitative estimate of drug-likeness (QED) is 0.0261. The average Bonchev–Trinajstić information content (AvgIpc) is 3.39. The zero-order chi connectivity index (χ0) is 52.9. The van der Waals surface area contributed by atoms with Gasteiger partial charge in [0.25, 0.3) is 0 Å². The molecule has 0 spiro atoms. The summed E-state index contributed by atoms with van der Waals surface area (Å²) in [5.41, 5.74) is 0. The molecular formula is C67H116O6. The van der Waals surface area contributed by atoms with Crippen LogP contribution in [0.25, 0.3) is 0 Å². The summed E-state index contributed by atoms with van der Waals surface area (Å²) in [7, 11) is 0. The number of unbranched alkanes of at least 4 members (excludes halogenated alkanes) is 31. The summed E-state index contributed by atoms with van der Waals surface area (Å²) >= 11 is 0. The monoisotopic (exact) mass is 1020 g/mol. The Morgan fingerprint density at radius 3 is 0.836 bits per heavy atom. The Hall–Kier alpha value is -3.41. The largest absolute Gasteiger partial charge is 0.462 e. The minimum absolute atomic E-state index is 0.0783. The van der Waals surface area contributed by atoms with Gasteiger partial charge in [-0.3, -0.25) is 14.4 Å². The van der Waals surface area contributed by atoms with Gasteiger partial charge in [-0.25, -0.2) is 0 Å². The average molecular weight is 1020 g/mol. The van der Waals surface area contributed by atoms with Crippen molar-refractivity contribution in [3.8, 4) is 0 Å². The molecule has 0 aromatic heterocycles. The second-order valence-electron chi connectivity index (χ2n) is 20.6. The fourth-order valence-electron chi connectivity index (χ4n) is 8.78. The summed E-state index contributed by atoms with van der Waals surface area (Å²) < 4.78 is 16.9. The molecule has 0 saturated heterocycles. The Labute approximate surface area is 452 Å². The molecule has 0 radical (unpaired) electrons. The SMILES string of the molecule is CC/C=C\C/C=C\C/C=C\C/C=C\C/C=C\C/C=C\C/C=C\CCCCCCCC(=O)OCC(COC(=O)CCCCCCCCCCCCCCCC)OC(=O)CCCCCCCCCCCCCCCC. The van der Waals surface area contributed by atoms with E-state index in [1.165, 1.54) is 141 Å². The van der Waals surface area contributed by atoms with Crippen LogP contribution in [0.2, 0.25) is 0 Å². The van der Waals surface area contributed by atoms with Crippen LogP contribution in [0.1, 0.15) is 303 Å². The minimum Gasteiger partial charge on any atom is -0.462 e. The van der Waals surface area contributed by atoms with Crippen LogP contribution >= 0.6 is 0 Å². The molecule has 0 heterocycles. The lowest BCUT2D eigenvalue weighted by atomic mass is 10.0. The molecule has 6 nitrogen and oxygen atoms in total. The predicted molar refractivity (Wildman–Crippen MR) is 316 cm³/mol. The molecule has 0 aliphatic heterocycles. The number of esters is 3. The number of hydrogen-bond acceptors (Lipinski definition) is 6. The third-order valence-electron chi connectivity index (χ3n) is 13.4. The van der Waals surface area contributed by atoms with Gasteiger partial charge in [0.1, 0.15) is 13.2 Å². The van der Waals surface area contributed by atoms with E-state index in [1.54, 1.807) is 0 Å². The molecule has 1 unspecified atom stereocenters. The topological polar surface area (TPSA) is 78.9 Å². The molecule has 0 N–H and O–H groups in total. The van der Waals surface area contributed by atoms with Crippen molar-refractivity contribution in [2.24, 2.45) is 0 Å². The van der Waals surface area contributed by atoms with Gasteiger partial charge < -0.3 is 14.2 Å². The van der Waals surface area contributed by atoms with E-state index in [1.807, 2.05) is 0 Å². The number of allylic oxidation sites excluding steroid dienone is 14. The van der Waals surface area contributed by atoms with Gasteiger partial charge in [0.2, 0.25) is 0 Å². The van der Waals surface area contributed by atoms with Crippen LogP contribution in [-0.2, 0) is 28.6 Å². The van der Waals surface area contributed by atoms with E-state index in [4.69, 9.17) is 14.2 Å². The summed E-state index contributed by atoms with van der Waals surface area (Å²) in [6, 6.07) is 0. The third-order valence-corrected chi connectivity index (χ3v) is 13.4. The molecule has 6 heteroatoms. The van der Waals surface area contributed by atoms with Gasteiger partial charge in [0.05, 0.1) is 0 Å². The molecule has 73 heavy (non-hydrogen) atoms. The number of hydrogen-bond donors (Lipinski definition) is 0. The Morgan fingerprint density at radius 1 is 0.288 bits per heavy atom. The van der Waals surface area contributed by atoms with Crippen LogP contribution in [0.15, 0.2) is 85.1 Å². The van der Waals surface area contributed by atoms with Crippen molar-refractivity contribution >= 4 is 17.9 Å². The van der Waals surface area contributed by atoms with Crippen LogP contribution in [0.5, 0.6) is 0 Å². The standard InChI is InChI=1S/C67H116O6/c1-4-7-10-13-16-19-22-25-28-29-30-31-32-33-34-35-36-37-38-39-40-43-45-48-51-54-57-60-66(69)72-63-64(73-67(70)61-58-55-52-49-46-42-27-24-21-18-15-12-9-6-3)62-71-65(68)59-56-53-50-47-44-41-26-23-20-17-14-11-8-5-2/h7,10,16,19,25,28,30-31,33-34,36-37,39-40,64H,4-6,8-9,11-15,17-18,20-24,26-27,29,32,35,38,41-63H2,1-3H3/b10-7-,19-16-,28-25-,31-30-,34-33-,37-36-,40-39-. The van der Waals surface area contributed by atoms with Crippen LogP contribution in [0, 0.1) is 0 Å². The van der Waals surface area contributed by atoms with Crippen LogP contribution in [0.4, 0.5) is 0 Å². The summed E-state index contributed by atoms with van der Waals surface area (Å²) in [4.78, 5) is 38.2. The highest BCUT2D eigenvalue weighted by Gasteiger charge is 2.19. The van der Waals surface area contributed by atoms with Crippen molar-refractivity contribution < 1.29 is 28.6 Å². The lowest BCUT2D eigenvalue weighted by Crippen LogP contribution is -2.30. The first-order valence-corrected chi connectivity index (χ1v) is 31.1. The van der Waals surface area contributed by atoms with Crippen molar-refractivity contribution in [3.05, 3.63) is 85.1 Å². The van der Waals surface area contributed by atoms with Gasteiger partial charge in [-0.2, -0.15) is 0 Å². The van der Waals surface area contributed by atoms with Gasteiger partial charge in [-0.05, 0) is 77.0 Å². The molecule has 0 amide bonds. The molecule has 0 fully saturated rings. The van der Waals surface area contributed by atoms with E-state index in [0.29, 0.717) is 19.3 Å². The zero-order valence-corrected chi connectivity index (χ0v) is 48.1. The number of carbonyl (C=O) groups is 3. The molecular weight excluding hydrogens is 901 g/mol. The second kappa shape index (κ2) is 61.1. The highest BCUT2D eigenvalue weighted by molar-refractivity contribution is 5.71. The molecule has 420 valence electrons. The molecule has 0 aromatic carbocycles. The van der Waals surface area contributed by atoms with Crippen molar-refractivity contribution in [1.82, 2.24) is 0 Å². The minimum atomic E-state index is -0.782. The number of ether oxygens (including phenoxy) is 3. The second-order valence-corrected chi connectivity index (χ2v) is 20.6. The van der Waals surface area contributed by atoms with Crippen molar-refractivity contribution in [2.45, 2.75) is 309 Å². The summed E-state index contributed by atoms with van der Waals surface area (Å²) in [6.45, 7) is 6.54. The van der Waals surface area contributed by atoms with Gasteiger partial charge >= 0.3 is 17.9 Å². The molecule has 0 bridgehead atoms. The molecule has 0 aliphatic carbocycles. The maximum Gasteiger partial charge on any atom is 0.306 e. The first kappa shape index (κ1) is 69.6. The number of rotatable bonds is 56. The first-order chi connectivity index (χ1) is 36.0. The summed E-state index contributed by atoms with van der Waals surface area (Å²) in [5.74, 6) is -0.885. The number of carbonyl (C=O) groups excluding carboxylic acids is 3. The van der Waals surface area contributed by atoms with E-state index in [0.717, 1.165) is 122 Å². The molecule has 1 atom stereocenters. The lowest BCUT2D eigenvalue weighted by Gasteiger charge is -2.18. The van der Waals surface area contributed by atoms with Gasteiger partial charge in [0.15, 0.2) is 6.10 Å². The van der Waals surface area contributed by atoms with Crippen LogP contribution in [0.3, 0.4) is 0 Å². The molecule has 0 aromatic rings. The Balaban J connectivity index is 4.33. The third kappa shape index (κ3) is 59.3. The van der Waals surface area contributed by atoms with Gasteiger partial charge in [-0.15, -0.1) is 0 Å². The fourth-order valence-corrected chi connectivity index (χ4v) is 8.78. The van der Waals surface area contributed by atoms with Gasteiger partial charge in [0, 0.05) is 19.3 Å². The maximum atomic E-state index is 12.9. The zero-order valence-electron chi connectivity index (χ0n) is 48.1. The smallest absolute Gasteiger partial charge is 0.306 e. The lowest BCUT2D eigenvalue weighted by molar-refractivity contribution is -0.167. The molecule has 0 rings (SSSR count). The first-order valence-electron chi connectivity index (χ1n) is 31.1. The van der Waals surface area contributed by atoms with E-state index in [9.17, 15) is 14.4 Å². The normalized spacial score (nSPS) is 12.6. The van der Waals surface area contributed by atoms with Crippen LogP contribution < -0.4 is 0 Å². The van der Waals surface area contributed by atoms with E-state index in [2.05, 4.69) is 106 Å². The highest BCUT2D eigenvalue weighted by Crippen LogP contribution is 2.16. The fraction of sp³-hybridized carbons (Fsp3) is 0.746. The predicted octanol–water partition coefficient (Wildman–Crippen LogP) is 21.1. The van der Waals surface area contributed by atoms with Crippen molar-refractivity contribution in [1.29, 1.82) is 0 Å².